The van der Waals surface area contributed by atoms with Crippen molar-refractivity contribution >= 4 is 16.8 Å². The molecule has 5 nitrogen and oxygen atoms in total. The van der Waals surface area contributed by atoms with Gasteiger partial charge in [-0.25, -0.2) is 4.21 Å². The van der Waals surface area contributed by atoms with E-state index in [1.807, 2.05) is 0 Å². The van der Waals surface area contributed by atoms with Gasteiger partial charge in [0.25, 0.3) is 0 Å². The van der Waals surface area contributed by atoms with Crippen LogP contribution in [0.3, 0.4) is 0 Å². The predicted octanol–water partition coefficient (Wildman–Crippen LogP) is 3.94. The van der Waals surface area contributed by atoms with Crippen LogP contribution >= 0.6 is 0 Å². The summed E-state index contributed by atoms with van der Waals surface area (Å²) in [5, 5.41) is 3.11. The molecule has 136 valence electrons. The van der Waals surface area contributed by atoms with Crippen molar-refractivity contribution in [3.8, 4) is 5.75 Å². The third-order valence-electron chi connectivity index (χ3n) is 3.11. The van der Waals surface area contributed by atoms with E-state index in [-0.39, 0.29) is 12.0 Å². The quantitative estimate of drug-likeness (QED) is 0.450. The van der Waals surface area contributed by atoms with Gasteiger partial charge in [0.1, 0.15) is 5.75 Å². The van der Waals surface area contributed by atoms with Crippen molar-refractivity contribution in [2.45, 2.75) is 45.7 Å². The normalized spacial score (nSPS) is 15.1. The van der Waals surface area contributed by atoms with Crippen molar-refractivity contribution in [1.82, 2.24) is 0 Å². The lowest BCUT2D eigenvalue weighted by atomic mass is 10.0. The third-order valence-corrected chi connectivity index (χ3v) is 3.98. The first-order valence-electron chi connectivity index (χ1n) is 7.26. The molecule has 0 aromatic heterocycles. The minimum atomic E-state index is -4.78. The first-order valence-corrected chi connectivity index (χ1v) is 8.43. The number of halogens is 3. The van der Waals surface area contributed by atoms with Crippen molar-refractivity contribution in [2.24, 2.45) is 5.16 Å². The van der Waals surface area contributed by atoms with E-state index in [1.54, 1.807) is 20.8 Å². The highest BCUT2D eigenvalue weighted by molar-refractivity contribution is 7.79. The zero-order valence-corrected chi connectivity index (χ0v) is 14.6. The first-order chi connectivity index (χ1) is 11.1. The maximum atomic E-state index is 13.3. The van der Waals surface area contributed by atoms with Gasteiger partial charge in [0.05, 0.1) is 6.61 Å². The Labute approximate surface area is 141 Å². The van der Waals surface area contributed by atoms with Crippen LogP contribution < -0.4 is 4.74 Å². The number of nitrogens with zero attached hydrogens (tertiary/aromatic N) is 1. The molecule has 0 aliphatic rings. The highest BCUT2D eigenvalue weighted by atomic mass is 32.2. The molecule has 0 heterocycles. The minimum absolute atomic E-state index is 0.0408. The van der Waals surface area contributed by atoms with Gasteiger partial charge in [-0.1, -0.05) is 12.1 Å². The van der Waals surface area contributed by atoms with E-state index in [1.165, 1.54) is 19.1 Å². The summed E-state index contributed by atoms with van der Waals surface area (Å²) in [7, 11) is 0. The molecular weight excluding hydrogens is 347 g/mol. The Balaban J connectivity index is 3.30. The van der Waals surface area contributed by atoms with E-state index in [2.05, 4.69) is 9.99 Å². The standard InChI is InChI=1S/C15H20F3NO4S/c1-5-12(24(20)21)23-19-14(15(16,17)18)11-7-9(3)13(22-6-2)10(4)8-11/h7-8,12H,5-6H2,1-4H3,(H,20,21). The summed E-state index contributed by atoms with van der Waals surface area (Å²) >= 11 is -2.43. The number of oxime groups is 1. The number of alkyl halides is 3. The lowest BCUT2D eigenvalue weighted by molar-refractivity contribution is -0.0620. The Morgan fingerprint density at radius 1 is 1.29 bits per heavy atom. The molecule has 0 spiro atoms. The van der Waals surface area contributed by atoms with Gasteiger partial charge in [0, 0.05) is 5.56 Å². The summed E-state index contributed by atoms with van der Waals surface area (Å²) in [5.74, 6) is 0.520. The number of rotatable bonds is 7. The Bertz CT molecular complexity index is 609. The number of hydrogen-bond acceptors (Lipinski definition) is 4. The third kappa shape index (κ3) is 5.20. The van der Waals surface area contributed by atoms with Gasteiger partial charge in [-0.05, 0) is 50.5 Å². The number of benzene rings is 1. The van der Waals surface area contributed by atoms with Crippen LogP contribution in [0.4, 0.5) is 13.2 Å². The Morgan fingerprint density at radius 3 is 2.21 bits per heavy atom. The number of ether oxygens (including phenoxy) is 1. The van der Waals surface area contributed by atoms with E-state index in [0.717, 1.165) is 0 Å². The van der Waals surface area contributed by atoms with Crippen LogP contribution in [0.1, 0.15) is 37.0 Å². The van der Waals surface area contributed by atoms with E-state index in [0.29, 0.717) is 23.5 Å². The van der Waals surface area contributed by atoms with Gasteiger partial charge in [0.2, 0.25) is 5.44 Å². The van der Waals surface area contributed by atoms with E-state index in [4.69, 9.17) is 9.29 Å². The smallest absolute Gasteiger partial charge is 0.437 e. The van der Waals surface area contributed by atoms with Gasteiger partial charge in [-0.2, -0.15) is 13.2 Å². The molecule has 24 heavy (non-hydrogen) atoms. The highest BCUT2D eigenvalue weighted by Gasteiger charge is 2.38. The summed E-state index contributed by atoms with van der Waals surface area (Å²) in [6.07, 6.45) is -4.74. The number of hydrogen-bond donors (Lipinski definition) is 1. The summed E-state index contributed by atoms with van der Waals surface area (Å²) in [6.45, 7) is 6.95. The second-order valence-corrected chi connectivity index (χ2v) is 6.11. The topological polar surface area (TPSA) is 68.1 Å². The minimum Gasteiger partial charge on any atom is -0.493 e. The molecule has 0 saturated carbocycles. The Kier molecular flexibility index (Phi) is 7.22. The van der Waals surface area contributed by atoms with Crippen LogP contribution in [0.5, 0.6) is 5.75 Å². The molecule has 1 aromatic rings. The van der Waals surface area contributed by atoms with E-state index >= 15 is 0 Å². The molecule has 2 atom stereocenters. The van der Waals surface area contributed by atoms with E-state index in [9.17, 15) is 17.4 Å². The van der Waals surface area contributed by atoms with Gasteiger partial charge in [-0.3, -0.25) is 0 Å². The van der Waals surface area contributed by atoms with Crippen molar-refractivity contribution < 1.29 is 31.5 Å². The molecule has 0 bridgehead atoms. The Hall–Kier alpha value is -1.61. The molecule has 0 aliphatic carbocycles. The summed E-state index contributed by atoms with van der Waals surface area (Å²) in [4.78, 5) is 4.64. The molecule has 0 fully saturated rings. The predicted molar refractivity (Wildman–Crippen MR) is 85.6 cm³/mol. The average Bonchev–Trinajstić information content (AvgIpc) is 2.45. The molecule has 0 aliphatic heterocycles. The van der Waals surface area contributed by atoms with Crippen molar-refractivity contribution in [3.63, 3.8) is 0 Å². The van der Waals surface area contributed by atoms with E-state index < -0.39 is 28.4 Å². The highest BCUT2D eigenvalue weighted by Crippen LogP contribution is 2.29. The first kappa shape index (κ1) is 20.4. The van der Waals surface area contributed by atoms with Crippen LogP contribution in [0.2, 0.25) is 0 Å². The molecule has 2 unspecified atom stereocenters. The largest absolute Gasteiger partial charge is 0.493 e. The SMILES string of the molecule is CCOc1c(C)cc(C(=NOC(CC)S(=O)O)C(F)(F)F)cc1C. The fourth-order valence-corrected chi connectivity index (χ4v) is 2.49. The Morgan fingerprint density at radius 2 is 1.83 bits per heavy atom. The van der Waals surface area contributed by atoms with Gasteiger partial charge in [-0.15, -0.1) is 0 Å². The zero-order valence-electron chi connectivity index (χ0n) is 13.8. The van der Waals surface area contributed by atoms with Crippen LogP contribution in [0.25, 0.3) is 0 Å². The van der Waals surface area contributed by atoms with Crippen LogP contribution in [0, 0.1) is 13.8 Å². The molecule has 9 heteroatoms. The lowest BCUT2D eigenvalue weighted by Gasteiger charge is -2.16. The monoisotopic (exact) mass is 367 g/mol. The fraction of sp³-hybridized carbons (Fsp3) is 0.533. The molecule has 0 saturated heterocycles. The van der Waals surface area contributed by atoms with Crippen molar-refractivity contribution in [1.29, 1.82) is 0 Å². The lowest BCUT2D eigenvalue weighted by Crippen LogP contribution is -2.26. The van der Waals surface area contributed by atoms with Gasteiger partial charge < -0.3 is 14.1 Å². The second-order valence-electron chi connectivity index (χ2n) is 5.03. The molecule has 1 N–H and O–H groups in total. The fourth-order valence-electron chi connectivity index (χ4n) is 2.09. The second kappa shape index (κ2) is 8.48. The van der Waals surface area contributed by atoms with Crippen LogP contribution in [-0.2, 0) is 15.9 Å². The molecule has 0 amide bonds. The summed E-state index contributed by atoms with van der Waals surface area (Å²) in [5.41, 5.74) is -1.73. The molecule has 0 radical (unpaired) electrons. The summed E-state index contributed by atoms with van der Waals surface area (Å²) < 4.78 is 65.2. The van der Waals surface area contributed by atoms with Crippen molar-refractivity contribution in [3.05, 3.63) is 28.8 Å². The zero-order chi connectivity index (χ0) is 18.5. The van der Waals surface area contributed by atoms with Crippen molar-refractivity contribution in [2.75, 3.05) is 6.61 Å². The summed E-state index contributed by atoms with van der Waals surface area (Å²) in [6, 6.07) is 2.59. The van der Waals surface area contributed by atoms with Crippen LogP contribution in [0.15, 0.2) is 17.3 Å². The molecular formula is C15H20F3NO4S. The average molecular weight is 367 g/mol. The van der Waals surface area contributed by atoms with Gasteiger partial charge >= 0.3 is 6.18 Å². The molecule has 1 aromatic carbocycles. The molecule has 1 rings (SSSR count). The number of aryl methyl sites for hydroxylation is 2. The maximum absolute atomic E-state index is 13.3. The maximum Gasteiger partial charge on any atom is 0.437 e. The van der Waals surface area contributed by atoms with Crippen LogP contribution in [-0.4, -0.2) is 32.7 Å². The van der Waals surface area contributed by atoms with Gasteiger partial charge in [0.15, 0.2) is 16.8 Å².